The molecule has 2 spiro atoms. The van der Waals surface area contributed by atoms with Crippen molar-refractivity contribution in [3.8, 4) is 0 Å². The average Bonchev–Trinajstić information content (AvgIpc) is 2.80. The Kier molecular flexibility index (Phi) is 0.462. The van der Waals surface area contributed by atoms with Crippen molar-refractivity contribution >= 4 is 0 Å². The van der Waals surface area contributed by atoms with Crippen LogP contribution >= 0.6 is 0 Å². The van der Waals surface area contributed by atoms with Crippen molar-refractivity contribution in [3.63, 3.8) is 0 Å². The van der Waals surface area contributed by atoms with E-state index in [4.69, 9.17) is 0 Å². The Morgan fingerprint density at radius 3 is 2.60 bits per heavy atom. The zero-order valence-corrected chi connectivity index (χ0v) is 5.98. The molecule has 2 N–H and O–H groups in total. The Hall–Kier alpha value is -0.0800. The highest BCUT2D eigenvalue weighted by Crippen LogP contribution is 2.79. The molecule has 0 amide bonds. The first-order chi connectivity index (χ1) is 4.86. The molecule has 3 unspecified atom stereocenters. The third kappa shape index (κ3) is 0.294. The van der Waals surface area contributed by atoms with Gasteiger partial charge in [-0.25, -0.2) is 0 Å². The van der Waals surface area contributed by atoms with Gasteiger partial charge in [-0.15, -0.1) is 0 Å². The summed E-state index contributed by atoms with van der Waals surface area (Å²) in [5, 5.41) is 0. The van der Waals surface area contributed by atoms with Crippen LogP contribution in [0.5, 0.6) is 0 Å². The molecule has 1 aliphatic heterocycles. The first kappa shape index (κ1) is 4.73. The van der Waals surface area contributed by atoms with E-state index < -0.39 is 0 Å². The summed E-state index contributed by atoms with van der Waals surface area (Å²) < 4.78 is 0. The third-order valence-corrected chi connectivity index (χ3v) is 4.20. The van der Waals surface area contributed by atoms with Gasteiger partial charge in [0.05, 0.1) is 0 Å². The van der Waals surface area contributed by atoms with Gasteiger partial charge < -0.3 is 0 Å². The van der Waals surface area contributed by atoms with Crippen molar-refractivity contribution < 1.29 is 0 Å². The summed E-state index contributed by atoms with van der Waals surface area (Å²) in [5.74, 6) is 1.02. The smallest absolute Gasteiger partial charge is 0.0430 e. The number of nitrogens with one attached hydrogen (secondary N) is 2. The maximum absolute atomic E-state index is 3.51. The van der Waals surface area contributed by atoms with E-state index in [2.05, 4.69) is 10.9 Å². The fraction of sp³-hybridized carbons (Fsp3) is 1.00. The van der Waals surface area contributed by atoms with Crippen LogP contribution in [0.4, 0.5) is 0 Å². The van der Waals surface area contributed by atoms with Crippen LogP contribution in [-0.4, -0.2) is 11.6 Å². The summed E-state index contributed by atoms with van der Waals surface area (Å²) in [6, 6.07) is 0.861. The summed E-state index contributed by atoms with van der Waals surface area (Å²) >= 11 is 0. The van der Waals surface area contributed by atoms with Crippen molar-refractivity contribution in [1.82, 2.24) is 10.9 Å². The van der Waals surface area contributed by atoms with Crippen LogP contribution in [0.1, 0.15) is 25.7 Å². The monoisotopic (exact) mass is 136 g/mol. The van der Waals surface area contributed by atoms with Gasteiger partial charge in [-0.1, -0.05) is 0 Å². The predicted octanol–water partition coefficient (Wildman–Crippen LogP) is 0.405. The van der Waals surface area contributed by atoms with E-state index in [0.29, 0.717) is 5.54 Å². The first-order valence-electron chi connectivity index (χ1n) is 4.39. The second-order valence-corrected chi connectivity index (χ2v) is 4.65. The molecule has 0 aromatic carbocycles. The lowest BCUT2D eigenvalue weighted by Crippen LogP contribution is -2.38. The van der Waals surface area contributed by atoms with Gasteiger partial charge in [0.1, 0.15) is 0 Å². The predicted molar refractivity (Wildman–Crippen MR) is 37.2 cm³/mol. The minimum absolute atomic E-state index is 0.623. The molecule has 0 aromatic heterocycles. The molecule has 3 saturated carbocycles. The molecule has 10 heavy (non-hydrogen) atoms. The Bertz CT molecular complexity index is 217. The highest BCUT2D eigenvalue weighted by molar-refractivity contribution is 5.36. The van der Waals surface area contributed by atoms with E-state index in [1.165, 1.54) is 25.7 Å². The number of rotatable bonds is 0. The lowest BCUT2D eigenvalue weighted by Gasteiger charge is -2.10. The van der Waals surface area contributed by atoms with E-state index in [0.717, 1.165) is 17.4 Å². The minimum atomic E-state index is 0.623. The lowest BCUT2D eigenvalue weighted by atomic mass is 10.1. The van der Waals surface area contributed by atoms with Gasteiger partial charge in [0.15, 0.2) is 0 Å². The van der Waals surface area contributed by atoms with Gasteiger partial charge in [-0.2, -0.15) is 0 Å². The summed E-state index contributed by atoms with van der Waals surface area (Å²) in [7, 11) is 0. The van der Waals surface area contributed by atoms with Gasteiger partial charge in [0.25, 0.3) is 0 Å². The number of fused-ring (bicyclic) bond motifs is 3. The quantitative estimate of drug-likeness (QED) is 0.504. The largest absolute Gasteiger partial charge is 0.254 e. The Morgan fingerprint density at radius 1 is 1.30 bits per heavy atom. The summed E-state index contributed by atoms with van der Waals surface area (Å²) in [6.45, 7) is 0. The van der Waals surface area contributed by atoms with Crippen LogP contribution < -0.4 is 10.9 Å². The summed E-state index contributed by atoms with van der Waals surface area (Å²) in [6.07, 6.45) is 5.94. The lowest BCUT2D eigenvalue weighted by molar-refractivity contribution is 0.422. The minimum Gasteiger partial charge on any atom is -0.254 e. The van der Waals surface area contributed by atoms with Crippen LogP contribution in [-0.2, 0) is 0 Å². The molecule has 54 valence electrons. The topological polar surface area (TPSA) is 24.1 Å². The Balaban J connectivity index is 1.80. The number of hydrogen-bond acceptors (Lipinski definition) is 2. The van der Waals surface area contributed by atoms with Gasteiger partial charge in [-0.05, 0) is 37.0 Å². The molecule has 4 fully saturated rings. The summed E-state index contributed by atoms with van der Waals surface area (Å²) in [4.78, 5) is 0. The van der Waals surface area contributed by atoms with Crippen LogP contribution in [0.3, 0.4) is 0 Å². The van der Waals surface area contributed by atoms with Crippen LogP contribution in [0.25, 0.3) is 0 Å². The molecule has 3 aliphatic carbocycles. The van der Waals surface area contributed by atoms with Gasteiger partial charge in [0, 0.05) is 11.6 Å². The molecule has 4 aliphatic rings. The molecule has 2 heteroatoms. The number of hydrazine groups is 1. The fourth-order valence-electron chi connectivity index (χ4n) is 3.18. The summed E-state index contributed by atoms with van der Waals surface area (Å²) in [5.41, 5.74) is 8.34. The van der Waals surface area contributed by atoms with Crippen molar-refractivity contribution in [2.45, 2.75) is 37.3 Å². The molecule has 1 heterocycles. The maximum atomic E-state index is 3.51. The highest BCUT2D eigenvalue weighted by atomic mass is 15.5. The van der Waals surface area contributed by atoms with E-state index in [1.807, 2.05) is 0 Å². The molecule has 1 saturated heterocycles. The Labute approximate surface area is 60.3 Å². The van der Waals surface area contributed by atoms with Crippen molar-refractivity contribution in [2.24, 2.45) is 11.3 Å². The molecular formula is C8H12N2. The van der Waals surface area contributed by atoms with E-state index in [1.54, 1.807) is 0 Å². The second-order valence-electron chi connectivity index (χ2n) is 4.65. The van der Waals surface area contributed by atoms with Crippen molar-refractivity contribution in [3.05, 3.63) is 0 Å². The standard InChI is InChI=1S/C8H12N2/c1-2-7(1)4-8(7)5-3-6(5)9-10-8/h5-6,9-10H,1-4H2. The normalized spacial score (nSPS) is 64.8. The van der Waals surface area contributed by atoms with Crippen molar-refractivity contribution in [1.29, 1.82) is 0 Å². The Morgan fingerprint density at radius 2 is 2.20 bits per heavy atom. The van der Waals surface area contributed by atoms with E-state index in [9.17, 15) is 0 Å². The van der Waals surface area contributed by atoms with Crippen LogP contribution in [0.2, 0.25) is 0 Å². The molecule has 2 nitrogen and oxygen atoms in total. The van der Waals surface area contributed by atoms with Crippen molar-refractivity contribution in [2.75, 3.05) is 0 Å². The maximum Gasteiger partial charge on any atom is 0.0430 e. The highest BCUT2D eigenvalue weighted by Gasteiger charge is 2.82. The molecule has 4 rings (SSSR count). The third-order valence-electron chi connectivity index (χ3n) is 4.20. The zero-order valence-electron chi connectivity index (χ0n) is 5.98. The van der Waals surface area contributed by atoms with E-state index >= 15 is 0 Å². The molecular weight excluding hydrogens is 124 g/mol. The van der Waals surface area contributed by atoms with Gasteiger partial charge in [-0.3, -0.25) is 10.9 Å². The SMILES string of the molecule is C1C2NNC3(CC34CC4)C12. The number of hydrogen-bond donors (Lipinski definition) is 2. The molecule has 3 atom stereocenters. The molecule has 0 radical (unpaired) electrons. The van der Waals surface area contributed by atoms with Gasteiger partial charge >= 0.3 is 0 Å². The van der Waals surface area contributed by atoms with E-state index in [-0.39, 0.29) is 0 Å². The first-order valence-corrected chi connectivity index (χ1v) is 4.39. The second kappa shape index (κ2) is 0.978. The zero-order chi connectivity index (χ0) is 6.40. The average molecular weight is 136 g/mol. The van der Waals surface area contributed by atoms with Crippen LogP contribution in [0, 0.1) is 11.3 Å². The fourth-order valence-corrected chi connectivity index (χ4v) is 3.18. The molecule has 0 bridgehead atoms. The molecule has 0 aromatic rings. The van der Waals surface area contributed by atoms with Crippen LogP contribution in [0.15, 0.2) is 0 Å². The van der Waals surface area contributed by atoms with Gasteiger partial charge in [0.2, 0.25) is 0 Å².